The Hall–Kier alpha value is -2.12. The van der Waals surface area contributed by atoms with Crippen LogP contribution in [0.5, 0.6) is 0 Å². The largest absolute Gasteiger partial charge is 0.312 e. The van der Waals surface area contributed by atoms with E-state index >= 15 is 0 Å². The van der Waals surface area contributed by atoms with Crippen molar-refractivity contribution in [2.75, 3.05) is 6.54 Å². The van der Waals surface area contributed by atoms with E-state index in [0.717, 1.165) is 40.8 Å². The Morgan fingerprint density at radius 1 is 1.29 bits per heavy atom. The van der Waals surface area contributed by atoms with Crippen LogP contribution in [0.1, 0.15) is 29.0 Å². The molecule has 0 radical (unpaired) electrons. The van der Waals surface area contributed by atoms with E-state index < -0.39 is 17.7 Å². The zero-order chi connectivity index (χ0) is 16.8. The maximum absolute atomic E-state index is 13.5. The van der Waals surface area contributed by atoms with Crippen LogP contribution in [0.15, 0.2) is 29.3 Å². The van der Waals surface area contributed by atoms with Crippen molar-refractivity contribution in [1.82, 2.24) is 14.9 Å². The number of nitrogens with zero attached hydrogens (tertiary/aromatic N) is 2. The first-order chi connectivity index (χ1) is 11.5. The number of halogens is 2. The van der Waals surface area contributed by atoms with Crippen LogP contribution in [-0.2, 0) is 13.0 Å². The highest BCUT2D eigenvalue weighted by Crippen LogP contribution is 2.30. The molecule has 1 aliphatic rings. The quantitative estimate of drug-likeness (QED) is 0.775. The fourth-order valence-electron chi connectivity index (χ4n) is 3.18. The van der Waals surface area contributed by atoms with Gasteiger partial charge in [-0.1, -0.05) is 0 Å². The number of aromatic nitrogens is 2. The van der Waals surface area contributed by atoms with E-state index in [1.54, 1.807) is 6.92 Å². The van der Waals surface area contributed by atoms with Crippen LogP contribution < -0.4 is 10.9 Å². The van der Waals surface area contributed by atoms with Gasteiger partial charge in [-0.2, -0.15) is 0 Å². The number of rotatable bonds is 2. The summed E-state index contributed by atoms with van der Waals surface area (Å²) in [6.07, 6.45) is 2.26. The summed E-state index contributed by atoms with van der Waals surface area (Å²) in [6, 6.07) is 2.81. The molecule has 2 aromatic heterocycles. The molecule has 0 amide bonds. The molecule has 0 saturated carbocycles. The molecular formula is C17H15F2N3OS. The van der Waals surface area contributed by atoms with Crippen molar-refractivity contribution in [2.24, 2.45) is 0 Å². The monoisotopic (exact) mass is 347 g/mol. The molecule has 1 aliphatic heterocycles. The second-order valence-corrected chi connectivity index (χ2v) is 7.03. The lowest BCUT2D eigenvalue weighted by molar-refractivity contribution is 0.558. The number of hydrogen-bond donors (Lipinski definition) is 1. The molecule has 24 heavy (non-hydrogen) atoms. The molecule has 4 nitrogen and oxygen atoms in total. The summed E-state index contributed by atoms with van der Waals surface area (Å²) in [7, 11) is 0. The third kappa shape index (κ3) is 2.44. The van der Waals surface area contributed by atoms with E-state index in [9.17, 15) is 13.6 Å². The summed E-state index contributed by atoms with van der Waals surface area (Å²) >= 11 is 1.53. The Labute approximate surface area is 140 Å². The normalized spacial score (nSPS) is 15.5. The second-order valence-electron chi connectivity index (χ2n) is 5.95. The van der Waals surface area contributed by atoms with Crippen LogP contribution in [0.25, 0.3) is 10.2 Å². The van der Waals surface area contributed by atoms with Crippen LogP contribution in [0.3, 0.4) is 0 Å². The molecule has 0 saturated heterocycles. The summed E-state index contributed by atoms with van der Waals surface area (Å²) in [5.74, 6) is -1.31. The molecule has 1 N–H and O–H groups in total. The van der Waals surface area contributed by atoms with Crippen LogP contribution >= 0.6 is 11.3 Å². The molecule has 3 heterocycles. The Morgan fingerprint density at radius 3 is 2.79 bits per heavy atom. The average Bonchev–Trinajstić information content (AvgIpc) is 2.93. The molecule has 0 spiro atoms. The molecule has 124 valence electrons. The minimum Gasteiger partial charge on any atom is -0.312 e. The summed E-state index contributed by atoms with van der Waals surface area (Å²) in [6.45, 7) is 3.32. The Bertz CT molecular complexity index is 975. The fraction of sp³-hybridized carbons (Fsp3) is 0.294. The van der Waals surface area contributed by atoms with Gasteiger partial charge in [0.05, 0.1) is 17.8 Å². The van der Waals surface area contributed by atoms with Gasteiger partial charge in [-0.05, 0) is 43.1 Å². The molecule has 0 aliphatic carbocycles. The van der Waals surface area contributed by atoms with Crippen molar-refractivity contribution in [2.45, 2.75) is 25.9 Å². The van der Waals surface area contributed by atoms with Gasteiger partial charge in [-0.25, -0.2) is 13.8 Å². The second kappa shape index (κ2) is 5.75. The first-order valence-electron chi connectivity index (χ1n) is 7.72. The molecule has 7 heteroatoms. The summed E-state index contributed by atoms with van der Waals surface area (Å²) in [4.78, 5) is 19.2. The molecular weight excluding hydrogens is 332 g/mol. The number of benzene rings is 1. The van der Waals surface area contributed by atoms with Crippen molar-refractivity contribution in [1.29, 1.82) is 0 Å². The van der Waals surface area contributed by atoms with Crippen molar-refractivity contribution in [3.05, 3.63) is 62.5 Å². The Morgan fingerprint density at radius 2 is 2.04 bits per heavy atom. The van der Waals surface area contributed by atoms with Crippen LogP contribution in [0.4, 0.5) is 8.78 Å². The van der Waals surface area contributed by atoms with Gasteiger partial charge in [-0.15, -0.1) is 11.3 Å². The average molecular weight is 347 g/mol. The van der Waals surface area contributed by atoms with Crippen LogP contribution in [0, 0.1) is 11.6 Å². The van der Waals surface area contributed by atoms with E-state index in [0.29, 0.717) is 10.9 Å². The summed E-state index contributed by atoms with van der Waals surface area (Å²) < 4.78 is 28.4. The third-order valence-electron chi connectivity index (χ3n) is 4.44. The maximum Gasteiger partial charge on any atom is 0.262 e. The van der Waals surface area contributed by atoms with Gasteiger partial charge in [0.2, 0.25) is 0 Å². The molecule has 4 rings (SSSR count). The lowest BCUT2D eigenvalue weighted by atomic mass is 10.1. The summed E-state index contributed by atoms with van der Waals surface area (Å²) in [5, 5.41) is 3.93. The lowest BCUT2D eigenvalue weighted by Crippen LogP contribution is -2.26. The molecule has 1 unspecified atom stereocenters. The number of hydrogen-bond acceptors (Lipinski definition) is 4. The minimum absolute atomic E-state index is 0.156. The molecule has 1 atom stereocenters. The highest BCUT2D eigenvalue weighted by molar-refractivity contribution is 7.18. The van der Waals surface area contributed by atoms with E-state index in [4.69, 9.17) is 0 Å². The highest BCUT2D eigenvalue weighted by atomic mass is 32.1. The van der Waals surface area contributed by atoms with E-state index in [-0.39, 0.29) is 5.56 Å². The van der Waals surface area contributed by atoms with Gasteiger partial charge < -0.3 is 5.32 Å². The Balaban J connectivity index is 1.87. The first-order valence-corrected chi connectivity index (χ1v) is 8.54. The molecule has 1 aromatic carbocycles. The van der Waals surface area contributed by atoms with Crippen LogP contribution in [0.2, 0.25) is 0 Å². The zero-order valence-electron chi connectivity index (χ0n) is 13.0. The Kier molecular flexibility index (Phi) is 3.69. The molecule has 0 bridgehead atoms. The zero-order valence-corrected chi connectivity index (χ0v) is 13.8. The van der Waals surface area contributed by atoms with Crippen molar-refractivity contribution in [3.63, 3.8) is 0 Å². The topological polar surface area (TPSA) is 46.9 Å². The minimum atomic E-state index is -0.655. The van der Waals surface area contributed by atoms with Gasteiger partial charge in [0.1, 0.15) is 16.5 Å². The van der Waals surface area contributed by atoms with E-state index in [1.165, 1.54) is 34.4 Å². The standard InChI is InChI=1S/C17H15F2N3OS/c1-9(10-4-11(18)6-12(19)5-10)22-8-21-16-15(17(22)23)13-2-3-20-7-14(13)24-16/h4-6,8-9,20H,2-3,7H2,1H3. The van der Waals surface area contributed by atoms with Gasteiger partial charge >= 0.3 is 0 Å². The summed E-state index contributed by atoms with van der Waals surface area (Å²) in [5.41, 5.74) is 1.30. The van der Waals surface area contributed by atoms with Crippen molar-refractivity contribution in [3.8, 4) is 0 Å². The van der Waals surface area contributed by atoms with Gasteiger partial charge in [0.25, 0.3) is 5.56 Å². The number of nitrogens with one attached hydrogen (secondary N) is 1. The van der Waals surface area contributed by atoms with Gasteiger partial charge in [0.15, 0.2) is 0 Å². The fourth-order valence-corrected chi connectivity index (χ4v) is 4.33. The number of thiophene rings is 1. The third-order valence-corrected chi connectivity index (χ3v) is 5.58. The van der Waals surface area contributed by atoms with Gasteiger partial charge in [-0.3, -0.25) is 9.36 Å². The molecule has 3 aromatic rings. The predicted octanol–water partition coefficient (Wildman–Crippen LogP) is 2.99. The SMILES string of the molecule is CC(c1cc(F)cc(F)c1)n1cnc2sc3c(c2c1=O)CCNC3. The molecule has 0 fully saturated rings. The van der Waals surface area contributed by atoms with Crippen molar-refractivity contribution < 1.29 is 8.78 Å². The smallest absolute Gasteiger partial charge is 0.262 e. The first kappa shape index (κ1) is 15.4. The highest BCUT2D eigenvalue weighted by Gasteiger charge is 2.21. The lowest BCUT2D eigenvalue weighted by Gasteiger charge is -2.16. The van der Waals surface area contributed by atoms with E-state index in [2.05, 4.69) is 10.3 Å². The van der Waals surface area contributed by atoms with Crippen LogP contribution in [-0.4, -0.2) is 16.1 Å². The predicted molar refractivity (Wildman–Crippen MR) is 89.5 cm³/mol. The number of fused-ring (bicyclic) bond motifs is 3. The maximum atomic E-state index is 13.5. The van der Waals surface area contributed by atoms with Crippen molar-refractivity contribution >= 4 is 21.6 Å². The van der Waals surface area contributed by atoms with Gasteiger partial charge in [0, 0.05) is 17.5 Å². The van der Waals surface area contributed by atoms with E-state index in [1.807, 2.05) is 0 Å².